The summed E-state index contributed by atoms with van der Waals surface area (Å²) in [6, 6.07) is 10.2. The molecule has 0 saturated heterocycles. The van der Waals surface area contributed by atoms with Gasteiger partial charge in [0, 0.05) is 17.8 Å². The van der Waals surface area contributed by atoms with Crippen LogP contribution in [0.3, 0.4) is 0 Å². The first-order chi connectivity index (χ1) is 13.6. The first-order valence-electron chi connectivity index (χ1n) is 9.36. The third-order valence-electron chi connectivity index (χ3n) is 4.45. The average molecular weight is 439 g/mol. The van der Waals surface area contributed by atoms with Crippen LogP contribution < -0.4 is 10.1 Å². The second-order valence-corrected chi connectivity index (χ2v) is 9.48. The number of para-hydroxylation sites is 1. The number of carbonyl (C=O) groups is 1. The molecule has 8 heteroatoms. The monoisotopic (exact) mass is 438 g/mol. The first-order valence-corrected chi connectivity index (χ1v) is 11.2. The highest BCUT2D eigenvalue weighted by Crippen LogP contribution is 2.30. The van der Waals surface area contributed by atoms with E-state index in [2.05, 4.69) is 5.32 Å². The molecule has 0 radical (unpaired) electrons. The van der Waals surface area contributed by atoms with Gasteiger partial charge in [-0.3, -0.25) is 4.79 Å². The SMILES string of the molecule is CCOc1ccc(Cl)cc1S(=O)(=O)N(C)CC(=O)Nc1c(C)cccc1C(C)C. The summed E-state index contributed by atoms with van der Waals surface area (Å²) in [5.74, 6) is -0.00991. The molecule has 158 valence electrons. The van der Waals surface area contributed by atoms with Crippen molar-refractivity contribution < 1.29 is 17.9 Å². The smallest absolute Gasteiger partial charge is 0.247 e. The number of likely N-dealkylation sites (N-methyl/N-ethyl adjacent to an activating group) is 1. The van der Waals surface area contributed by atoms with Crippen molar-refractivity contribution in [2.24, 2.45) is 0 Å². The number of nitrogens with zero attached hydrogens (tertiary/aromatic N) is 1. The van der Waals surface area contributed by atoms with Gasteiger partial charge < -0.3 is 10.1 Å². The number of rotatable bonds is 8. The molecule has 0 heterocycles. The lowest BCUT2D eigenvalue weighted by Gasteiger charge is -2.21. The van der Waals surface area contributed by atoms with Crippen molar-refractivity contribution in [2.45, 2.75) is 38.5 Å². The zero-order valence-electron chi connectivity index (χ0n) is 17.3. The lowest BCUT2D eigenvalue weighted by molar-refractivity contribution is -0.116. The fourth-order valence-corrected chi connectivity index (χ4v) is 4.45. The molecule has 1 N–H and O–H groups in total. The highest BCUT2D eigenvalue weighted by molar-refractivity contribution is 7.89. The third-order valence-corrected chi connectivity index (χ3v) is 6.51. The van der Waals surface area contributed by atoms with E-state index >= 15 is 0 Å². The van der Waals surface area contributed by atoms with Gasteiger partial charge in [0.05, 0.1) is 13.2 Å². The first kappa shape index (κ1) is 23.2. The zero-order chi connectivity index (χ0) is 21.8. The Balaban J connectivity index is 2.25. The van der Waals surface area contributed by atoms with E-state index in [0.717, 1.165) is 21.1 Å². The summed E-state index contributed by atoms with van der Waals surface area (Å²) in [6.45, 7) is 7.70. The van der Waals surface area contributed by atoms with Crippen molar-refractivity contribution in [1.29, 1.82) is 0 Å². The Labute approximate surface area is 177 Å². The second kappa shape index (κ2) is 9.61. The van der Waals surface area contributed by atoms with Crippen molar-refractivity contribution in [3.05, 3.63) is 52.5 Å². The van der Waals surface area contributed by atoms with Crippen LogP contribution in [0.25, 0.3) is 0 Å². The molecule has 2 rings (SSSR count). The number of benzene rings is 2. The molecule has 0 bridgehead atoms. The number of nitrogens with one attached hydrogen (secondary N) is 1. The van der Waals surface area contributed by atoms with Crippen molar-refractivity contribution in [3.63, 3.8) is 0 Å². The number of carbonyl (C=O) groups excluding carboxylic acids is 1. The molecule has 0 aliphatic heterocycles. The van der Waals surface area contributed by atoms with E-state index in [1.807, 2.05) is 39.0 Å². The Hall–Kier alpha value is -2.09. The predicted octanol–water partition coefficient (Wildman–Crippen LogP) is 4.43. The van der Waals surface area contributed by atoms with Gasteiger partial charge in [-0.15, -0.1) is 0 Å². The van der Waals surface area contributed by atoms with Gasteiger partial charge in [-0.2, -0.15) is 4.31 Å². The van der Waals surface area contributed by atoms with Crippen LogP contribution >= 0.6 is 11.6 Å². The molecule has 0 aromatic heterocycles. The zero-order valence-corrected chi connectivity index (χ0v) is 18.9. The van der Waals surface area contributed by atoms with Crippen molar-refractivity contribution >= 4 is 33.2 Å². The van der Waals surface area contributed by atoms with Crippen LogP contribution in [0.2, 0.25) is 5.02 Å². The van der Waals surface area contributed by atoms with Crippen molar-refractivity contribution in [1.82, 2.24) is 4.31 Å². The van der Waals surface area contributed by atoms with Gasteiger partial charge in [-0.1, -0.05) is 43.6 Å². The van der Waals surface area contributed by atoms with Gasteiger partial charge in [0.25, 0.3) is 0 Å². The molecule has 0 aliphatic carbocycles. The average Bonchev–Trinajstić information content (AvgIpc) is 2.64. The lowest BCUT2D eigenvalue weighted by Crippen LogP contribution is -2.35. The number of hydrogen-bond donors (Lipinski definition) is 1. The quantitative estimate of drug-likeness (QED) is 0.661. The highest BCUT2D eigenvalue weighted by Gasteiger charge is 2.27. The van der Waals surface area contributed by atoms with Gasteiger partial charge in [-0.25, -0.2) is 8.42 Å². The van der Waals surface area contributed by atoms with E-state index < -0.39 is 15.9 Å². The van der Waals surface area contributed by atoms with Crippen LogP contribution in [-0.4, -0.2) is 38.8 Å². The van der Waals surface area contributed by atoms with E-state index in [4.69, 9.17) is 16.3 Å². The largest absolute Gasteiger partial charge is 0.492 e. The number of aryl methyl sites for hydroxylation is 1. The van der Waals surface area contributed by atoms with E-state index in [9.17, 15) is 13.2 Å². The Morgan fingerprint density at radius 3 is 2.55 bits per heavy atom. The molecule has 2 aromatic rings. The number of sulfonamides is 1. The molecule has 1 amide bonds. The van der Waals surface area contributed by atoms with Crippen LogP contribution in [-0.2, 0) is 14.8 Å². The van der Waals surface area contributed by atoms with E-state index in [-0.39, 0.29) is 28.1 Å². The van der Waals surface area contributed by atoms with Crippen molar-refractivity contribution in [2.75, 3.05) is 25.5 Å². The Kier molecular flexibility index (Phi) is 7.68. The van der Waals surface area contributed by atoms with Gasteiger partial charge >= 0.3 is 0 Å². The molecule has 29 heavy (non-hydrogen) atoms. The number of halogens is 1. The van der Waals surface area contributed by atoms with Crippen LogP contribution in [0.4, 0.5) is 5.69 Å². The fraction of sp³-hybridized carbons (Fsp3) is 0.381. The Morgan fingerprint density at radius 1 is 1.24 bits per heavy atom. The minimum Gasteiger partial charge on any atom is -0.492 e. The molecule has 0 saturated carbocycles. The molecule has 0 aliphatic rings. The maximum Gasteiger partial charge on any atom is 0.247 e. The van der Waals surface area contributed by atoms with E-state index in [0.29, 0.717) is 6.61 Å². The maximum atomic E-state index is 13.0. The van der Waals surface area contributed by atoms with E-state index in [1.165, 1.54) is 19.2 Å². The predicted molar refractivity (Wildman–Crippen MR) is 116 cm³/mol. The summed E-state index contributed by atoms with van der Waals surface area (Å²) in [6.07, 6.45) is 0. The fourth-order valence-electron chi connectivity index (χ4n) is 2.93. The molecule has 6 nitrogen and oxygen atoms in total. The van der Waals surface area contributed by atoms with Gasteiger partial charge in [0.1, 0.15) is 10.6 Å². The molecule has 0 spiro atoms. The number of amides is 1. The highest BCUT2D eigenvalue weighted by atomic mass is 35.5. The standard InChI is InChI=1S/C21H27ClN2O4S/c1-6-28-18-11-10-16(22)12-19(18)29(26,27)24(5)13-20(25)23-21-15(4)8-7-9-17(21)14(2)3/h7-12,14H,6,13H2,1-5H3,(H,23,25). The Morgan fingerprint density at radius 2 is 1.93 bits per heavy atom. The van der Waals surface area contributed by atoms with Crippen LogP contribution in [0.15, 0.2) is 41.3 Å². The van der Waals surface area contributed by atoms with Crippen LogP contribution in [0.1, 0.15) is 37.8 Å². The van der Waals surface area contributed by atoms with Gasteiger partial charge in [0.2, 0.25) is 15.9 Å². The molecule has 0 unspecified atom stereocenters. The Bertz CT molecular complexity index is 990. The molecule has 0 atom stereocenters. The third kappa shape index (κ3) is 5.50. The minimum atomic E-state index is -3.98. The number of ether oxygens (including phenoxy) is 1. The van der Waals surface area contributed by atoms with Crippen LogP contribution in [0, 0.1) is 6.92 Å². The number of anilines is 1. The minimum absolute atomic E-state index is 0.0686. The topological polar surface area (TPSA) is 75.7 Å². The number of hydrogen-bond acceptors (Lipinski definition) is 4. The second-order valence-electron chi connectivity index (χ2n) is 7.03. The summed E-state index contributed by atoms with van der Waals surface area (Å²) >= 11 is 5.99. The maximum absolute atomic E-state index is 13.0. The van der Waals surface area contributed by atoms with Crippen molar-refractivity contribution in [3.8, 4) is 5.75 Å². The molecular formula is C21H27ClN2O4S. The summed E-state index contributed by atoms with van der Waals surface area (Å²) in [5.41, 5.74) is 2.64. The molecule has 2 aromatic carbocycles. The summed E-state index contributed by atoms with van der Waals surface area (Å²) in [4.78, 5) is 12.6. The summed E-state index contributed by atoms with van der Waals surface area (Å²) < 4.78 is 32.4. The lowest BCUT2D eigenvalue weighted by atomic mass is 9.98. The molecular weight excluding hydrogens is 412 g/mol. The van der Waals surface area contributed by atoms with E-state index in [1.54, 1.807) is 13.0 Å². The van der Waals surface area contributed by atoms with Gasteiger partial charge in [0.15, 0.2) is 0 Å². The molecule has 0 fully saturated rings. The van der Waals surface area contributed by atoms with Gasteiger partial charge in [-0.05, 0) is 49.1 Å². The summed E-state index contributed by atoms with van der Waals surface area (Å²) in [7, 11) is -2.62. The van der Waals surface area contributed by atoms with Crippen LogP contribution in [0.5, 0.6) is 5.75 Å². The normalized spacial score (nSPS) is 11.7. The summed E-state index contributed by atoms with van der Waals surface area (Å²) in [5, 5.41) is 3.13.